The summed E-state index contributed by atoms with van der Waals surface area (Å²) in [6.07, 6.45) is 0. The van der Waals surface area contributed by atoms with E-state index < -0.39 is 6.04 Å². The predicted molar refractivity (Wildman–Crippen MR) is 85.0 cm³/mol. The Morgan fingerprint density at radius 2 is 1.76 bits per heavy atom. The maximum absolute atomic E-state index is 12.4. The molecule has 0 bridgehead atoms. The summed E-state index contributed by atoms with van der Waals surface area (Å²) in [5, 5.41) is 2.50. The number of hydrogen-bond acceptors (Lipinski definition) is 3. The molecule has 0 saturated heterocycles. The van der Waals surface area contributed by atoms with Crippen LogP contribution in [0.4, 0.5) is 0 Å². The SMILES string of the molecule is CNC(=O)C(N)c1cccc(C(=O)c2ccc(Br)cc2)c1. The molecule has 0 heterocycles. The zero-order valence-corrected chi connectivity index (χ0v) is 13.1. The van der Waals surface area contributed by atoms with Crippen LogP contribution in [-0.4, -0.2) is 18.7 Å². The molecule has 3 N–H and O–H groups in total. The van der Waals surface area contributed by atoms with Gasteiger partial charge in [0, 0.05) is 22.6 Å². The van der Waals surface area contributed by atoms with Crippen molar-refractivity contribution in [2.24, 2.45) is 5.73 Å². The van der Waals surface area contributed by atoms with Crippen LogP contribution in [-0.2, 0) is 4.79 Å². The molecule has 108 valence electrons. The maximum Gasteiger partial charge on any atom is 0.241 e. The first-order valence-electron chi connectivity index (χ1n) is 6.40. The monoisotopic (exact) mass is 346 g/mol. The van der Waals surface area contributed by atoms with Gasteiger partial charge < -0.3 is 11.1 Å². The maximum atomic E-state index is 12.4. The Hall–Kier alpha value is -1.98. The molecule has 0 aromatic heterocycles. The standard InChI is InChI=1S/C16H15BrN2O2/c1-19-16(21)14(18)11-3-2-4-12(9-11)15(20)10-5-7-13(17)8-6-10/h2-9,14H,18H2,1H3,(H,19,21). The molecule has 0 saturated carbocycles. The molecular weight excluding hydrogens is 332 g/mol. The first-order chi connectivity index (χ1) is 10.0. The summed E-state index contributed by atoms with van der Waals surface area (Å²) >= 11 is 3.33. The van der Waals surface area contributed by atoms with Crippen LogP contribution in [0.25, 0.3) is 0 Å². The first-order valence-corrected chi connectivity index (χ1v) is 7.19. The van der Waals surface area contributed by atoms with Crippen molar-refractivity contribution in [2.45, 2.75) is 6.04 Å². The van der Waals surface area contributed by atoms with Gasteiger partial charge in [-0.25, -0.2) is 0 Å². The summed E-state index contributed by atoms with van der Waals surface area (Å²) in [6.45, 7) is 0. The average Bonchev–Trinajstić information content (AvgIpc) is 2.53. The number of carbonyl (C=O) groups is 2. The number of amides is 1. The molecule has 2 aromatic carbocycles. The van der Waals surface area contributed by atoms with Gasteiger partial charge in [-0.3, -0.25) is 9.59 Å². The van der Waals surface area contributed by atoms with Crippen LogP contribution in [0.5, 0.6) is 0 Å². The Morgan fingerprint density at radius 3 is 2.38 bits per heavy atom. The molecule has 0 aliphatic carbocycles. The highest BCUT2D eigenvalue weighted by molar-refractivity contribution is 9.10. The van der Waals surface area contributed by atoms with Crippen molar-refractivity contribution >= 4 is 27.6 Å². The molecule has 1 amide bonds. The number of benzene rings is 2. The smallest absolute Gasteiger partial charge is 0.241 e. The number of ketones is 1. The number of carbonyl (C=O) groups excluding carboxylic acids is 2. The van der Waals surface area contributed by atoms with Gasteiger partial charge in [0.2, 0.25) is 5.91 Å². The quantitative estimate of drug-likeness (QED) is 0.835. The number of likely N-dealkylation sites (N-methyl/N-ethyl adjacent to an activating group) is 1. The van der Waals surface area contributed by atoms with Gasteiger partial charge in [0.15, 0.2) is 5.78 Å². The van der Waals surface area contributed by atoms with Crippen molar-refractivity contribution in [2.75, 3.05) is 7.05 Å². The largest absolute Gasteiger partial charge is 0.358 e. The molecule has 0 radical (unpaired) electrons. The lowest BCUT2D eigenvalue weighted by Gasteiger charge is -2.11. The van der Waals surface area contributed by atoms with Crippen molar-refractivity contribution in [1.29, 1.82) is 0 Å². The topological polar surface area (TPSA) is 72.2 Å². The second-order valence-electron chi connectivity index (χ2n) is 4.55. The normalized spacial score (nSPS) is 11.8. The number of hydrogen-bond donors (Lipinski definition) is 2. The average molecular weight is 347 g/mol. The first kappa shape index (κ1) is 15.4. The third kappa shape index (κ3) is 3.56. The molecule has 5 heteroatoms. The fourth-order valence-corrected chi connectivity index (χ4v) is 2.21. The Bertz CT molecular complexity index is 668. The van der Waals surface area contributed by atoms with Gasteiger partial charge in [-0.05, 0) is 35.9 Å². The predicted octanol–water partition coefficient (Wildman–Crippen LogP) is 2.43. The van der Waals surface area contributed by atoms with Crippen LogP contribution in [0.15, 0.2) is 53.0 Å². The molecule has 1 unspecified atom stereocenters. The van der Waals surface area contributed by atoms with E-state index in [4.69, 9.17) is 5.73 Å². The Labute approximate surface area is 131 Å². The van der Waals surface area contributed by atoms with Gasteiger partial charge >= 0.3 is 0 Å². The summed E-state index contributed by atoms with van der Waals surface area (Å²) < 4.78 is 0.912. The van der Waals surface area contributed by atoms with Crippen molar-refractivity contribution in [3.8, 4) is 0 Å². The summed E-state index contributed by atoms with van der Waals surface area (Å²) in [6, 6.07) is 13.2. The summed E-state index contributed by atoms with van der Waals surface area (Å²) in [5.74, 6) is -0.392. The Kier molecular flexibility index (Phi) is 4.88. The van der Waals surface area contributed by atoms with E-state index in [-0.39, 0.29) is 11.7 Å². The lowest BCUT2D eigenvalue weighted by molar-refractivity contribution is -0.121. The van der Waals surface area contributed by atoms with Crippen molar-refractivity contribution < 1.29 is 9.59 Å². The van der Waals surface area contributed by atoms with E-state index in [0.717, 1.165) is 4.47 Å². The van der Waals surface area contributed by atoms with E-state index in [1.807, 2.05) is 12.1 Å². The van der Waals surface area contributed by atoms with E-state index in [9.17, 15) is 9.59 Å². The minimum atomic E-state index is -0.785. The summed E-state index contributed by atoms with van der Waals surface area (Å²) in [7, 11) is 1.53. The van der Waals surface area contributed by atoms with Gasteiger partial charge in [0.25, 0.3) is 0 Å². The summed E-state index contributed by atoms with van der Waals surface area (Å²) in [5.41, 5.74) is 7.55. The van der Waals surface area contributed by atoms with Gasteiger partial charge in [-0.15, -0.1) is 0 Å². The van der Waals surface area contributed by atoms with Gasteiger partial charge in [-0.1, -0.05) is 34.1 Å². The molecule has 0 aliphatic rings. The van der Waals surface area contributed by atoms with Crippen molar-refractivity contribution in [3.63, 3.8) is 0 Å². The van der Waals surface area contributed by atoms with Gasteiger partial charge in [-0.2, -0.15) is 0 Å². The van der Waals surface area contributed by atoms with E-state index >= 15 is 0 Å². The van der Waals surface area contributed by atoms with Crippen molar-refractivity contribution in [1.82, 2.24) is 5.32 Å². The third-order valence-corrected chi connectivity index (χ3v) is 3.67. The lowest BCUT2D eigenvalue weighted by Crippen LogP contribution is -2.31. The van der Waals surface area contributed by atoms with Gasteiger partial charge in [0.05, 0.1) is 0 Å². The molecule has 2 aromatic rings. The van der Waals surface area contributed by atoms with Crippen LogP contribution in [0, 0.1) is 0 Å². The van der Waals surface area contributed by atoms with E-state index in [1.165, 1.54) is 7.05 Å². The Balaban J connectivity index is 2.30. The highest BCUT2D eigenvalue weighted by Gasteiger charge is 2.16. The van der Waals surface area contributed by atoms with Crippen LogP contribution in [0.3, 0.4) is 0 Å². The zero-order chi connectivity index (χ0) is 15.4. The molecule has 2 rings (SSSR count). The molecule has 0 aliphatic heterocycles. The van der Waals surface area contributed by atoms with Crippen LogP contribution in [0.2, 0.25) is 0 Å². The number of rotatable bonds is 4. The van der Waals surface area contributed by atoms with Crippen LogP contribution < -0.4 is 11.1 Å². The van der Waals surface area contributed by atoms with E-state index in [2.05, 4.69) is 21.2 Å². The van der Waals surface area contributed by atoms with E-state index in [0.29, 0.717) is 16.7 Å². The fourth-order valence-electron chi connectivity index (χ4n) is 1.95. The van der Waals surface area contributed by atoms with Crippen molar-refractivity contribution in [3.05, 3.63) is 69.7 Å². The third-order valence-electron chi connectivity index (χ3n) is 3.14. The minimum Gasteiger partial charge on any atom is -0.358 e. The second-order valence-corrected chi connectivity index (χ2v) is 5.47. The molecule has 0 fully saturated rings. The van der Waals surface area contributed by atoms with Gasteiger partial charge in [0.1, 0.15) is 6.04 Å². The Morgan fingerprint density at radius 1 is 1.10 bits per heavy atom. The molecule has 21 heavy (non-hydrogen) atoms. The lowest BCUT2D eigenvalue weighted by atomic mass is 9.98. The number of nitrogens with two attached hydrogens (primary N) is 1. The fraction of sp³-hybridized carbons (Fsp3) is 0.125. The number of halogens is 1. The minimum absolute atomic E-state index is 0.103. The molecular formula is C16H15BrN2O2. The molecule has 4 nitrogen and oxygen atoms in total. The molecule has 1 atom stereocenters. The van der Waals surface area contributed by atoms with E-state index in [1.54, 1.807) is 36.4 Å². The summed E-state index contributed by atoms with van der Waals surface area (Å²) in [4.78, 5) is 24.0. The van der Waals surface area contributed by atoms with Crippen LogP contribution in [0.1, 0.15) is 27.5 Å². The van der Waals surface area contributed by atoms with Crippen LogP contribution >= 0.6 is 15.9 Å². The second kappa shape index (κ2) is 6.65. The number of nitrogens with one attached hydrogen (secondary N) is 1. The zero-order valence-electron chi connectivity index (χ0n) is 11.5. The molecule has 0 spiro atoms. The highest BCUT2D eigenvalue weighted by Crippen LogP contribution is 2.17. The highest BCUT2D eigenvalue weighted by atomic mass is 79.9.